The van der Waals surface area contributed by atoms with Crippen molar-refractivity contribution in [3.8, 4) is 0 Å². The summed E-state index contributed by atoms with van der Waals surface area (Å²) in [6.07, 6.45) is 3.74. The Hall–Kier alpha value is -1.55. The van der Waals surface area contributed by atoms with E-state index in [9.17, 15) is 0 Å². The molecule has 2 heterocycles. The fraction of sp³-hybridized carbons (Fsp3) is 0.417. The number of nitrogens with zero attached hydrogens (tertiary/aromatic N) is 2. The summed E-state index contributed by atoms with van der Waals surface area (Å²) in [6.45, 7) is 4.85. The fourth-order valence-electron chi connectivity index (χ4n) is 1.47. The van der Waals surface area contributed by atoms with Crippen LogP contribution in [-0.4, -0.2) is 28.6 Å². The minimum atomic E-state index is -0.178. The molecule has 0 amide bonds. The Morgan fingerprint density at radius 1 is 1.44 bits per heavy atom. The van der Waals surface area contributed by atoms with Crippen LogP contribution in [0.15, 0.2) is 30.6 Å². The molecule has 0 aliphatic heterocycles. The number of anilines is 1. The Morgan fingerprint density at radius 2 is 2.25 bits per heavy atom. The van der Waals surface area contributed by atoms with Crippen LogP contribution < -0.4 is 5.32 Å². The molecule has 1 N–H and O–H groups in total. The lowest BCUT2D eigenvalue weighted by Gasteiger charge is -2.24. The first-order valence-electron chi connectivity index (χ1n) is 5.33. The molecule has 0 saturated carbocycles. The lowest BCUT2D eigenvalue weighted by atomic mass is 10.1. The van der Waals surface area contributed by atoms with Crippen LogP contribution in [0.3, 0.4) is 0 Å². The van der Waals surface area contributed by atoms with E-state index >= 15 is 0 Å². The number of hydrogen-bond donors (Lipinski definition) is 1. The van der Waals surface area contributed by atoms with Crippen molar-refractivity contribution >= 4 is 11.5 Å². The number of rotatable bonds is 4. The Bertz CT molecular complexity index is 476. The molecule has 0 aliphatic rings. The van der Waals surface area contributed by atoms with Gasteiger partial charge in [-0.15, -0.1) is 0 Å². The Balaban J connectivity index is 2.18. The average Bonchev–Trinajstić information content (AvgIpc) is 2.75. The van der Waals surface area contributed by atoms with Crippen molar-refractivity contribution in [3.05, 3.63) is 30.6 Å². The van der Waals surface area contributed by atoms with Crippen molar-refractivity contribution in [3.63, 3.8) is 0 Å². The van der Waals surface area contributed by atoms with Crippen molar-refractivity contribution in [1.82, 2.24) is 9.38 Å². The minimum Gasteiger partial charge on any atom is -0.377 e. The molecule has 0 saturated heterocycles. The second kappa shape index (κ2) is 4.14. The summed E-state index contributed by atoms with van der Waals surface area (Å²) in [7, 11) is 1.72. The summed E-state index contributed by atoms with van der Waals surface area (Å²) in [5.74, 6) is 1.03. The van der Waals surface area contributed by atoms with Gasteiger partial charge in [-0.3, -0.25) is 4.40 Å². The number of methoxy groups -OCH3 is 1. The predicted octanol–water partition coefficient (Wildman–Crippen LogP) is 2.17. The zero-order chi connectivity index (χ0) is 11.6. The summed E-state index contributed by atoms with van der Waals surface area (Å²) in [4.78, 5) is 4.24. The second-order valence-electron chi connectivity index (χ2n) is 4.38. The second-order valence-corrected chi connectivity index (χ2v) is 4.38. The first kappa shape index (κ1) is 11.0. The summed E-state index contributed by atoms with van der Waals surface area (Å²) < 4.78 is 7.39. The summed E-state index contributed by atoms with van der Waals surface area (Å²) in [5, 5.41) is 3.36. The van der Waals surface area contributed by atoms with Gasteiger partial charge in [0.05, 0.1) is 5.60 Å². The molecule has 2 aromatic rings. The van der Waals surface area contributed by atoms with E-state index in [1.807, 2.05) is 42.6 Å². The normalized spacial score (nSPS) is 11.9. The summed E-state index contributed by atoms with van der Waals surface area (Å²) in [6, 6.07) is 6.00. The lowest BCUT2D eigenvalue weighted by molar-refractivity contribution is 0.0343. The SMILES string of the molecule is COC(C)(C)CNc1cccc2nccn12. The van der Waals surface area contributed by atoms with Gasteiger partial charge in [-0.05, 0) is 26.0 Å². The molecule has 2 aromatic heterocycles. The Morgan fingerprint density at radius 3 is 3.00 bits per heavy atom. The van der Waals surface area contributed by atoms with Gasteiger partial charge in [-0.25, -0.2) is 4.98 Å². The largest absolute Gasteiger partial charge is 0.377 e. The number of pyridine rings is 1. The number of hydrogen-bond acceptors (Lipinski definition) is 3. The van der Waals surface area contributed by atoms with E-state index < -0.39 is 0 Å². The van der Waals surface area contributed by atoms with Crippen LogP contribution >= 0.6 is 0 Å². The molecule has 0 radical (unpaired) electrons. The van der Waals surface area contributed by atoms with Gasteiger partial charge in [-0.2, -0.15) is 0 Å². The van der Waals surface area contributed by atoms with Crippen molar-refractivity contribution in [2.24, 2.45) is 0 Å². The van der Waals surface area contributed by atoms with Crippen LogP contribution in [0, 0.1) is 0 Å². The van der Waals surface area contributed by atoms with Gasteiger partial charge in [0, 0.05) is 26.0 Å². The van der Waals surface area contributed by atoms with E-state index in [2.05, 4.69) is 10.3 Å². The zero-order valence-corrected chi connectivity index (χ0v) is 9.90. The van der Waals surface area contributed by atoms with Gasteiger partial charge in [0.2, 0.25) is 0 Å². The zero-order valence-electron chi connectivity index (χ0n) is 9.90. The van der Waals surface area contributed by atoms with E-state index in [0.29, 0.717) is 0 Å². The van der Waals surface area contributed by atoms with Crippen molar-refractivity contribution in [2.45, 2.75) is 19.4 Å². The number of fused-ring (bicyclic) bond motifs is 1. The highest BCUT2D eigenvalue weighted by molar-refractivity contribution is 5.49. The molecule has 16 heavy (non-hydrogen) atoms. The summed E-state index contributed by atoms with van der Waals surface area (Å²) in [5.41, 5.74) is 0.767. The third kappa shape index (κ3) is 2.17. The van der Waals surface area contributed by atoms with E-state index in [1.165, 1.54) is 0 Å². The molecule has 86 valence electrons. The molecule has 0 unspecified atom stereocenters. The highest BCUT2D eigenvalue weighted by atomic mass is 16.5. The van der Waals surface area contributed by atoms with Gasteiger partial charge in [0.25, 0.3) is 0 Å². The highest BCUT2D eigenvalue weighted by Gasteiger charge is 2.16. The van der Waals surface area contributed by atoms with Gasteiger partial charge in [0.1, 0.15) is 11.5 Å². The van der Waals surface area contributed by atoms with E-state index in [-0.39, 0.29) is 5.60 Å². The third-order valence-corrected chi connectivity index (χ3v) is 2.68. The molecule has 0 aromatic carbocycles. The molecule has 4 nitrogen and oxygen atoms in total. The Kier molecular flexibility index (Phi) is 2.83. The number of imidazole rings is 1. The molecule has 0 spiro atoms. The Labute approximate surface area is 95.3 Å². The molecule has 2 rings (SSSR count). The van der Waals surface area contributed by atoms with Gasteiger partial charge in [0.15, 0.2) is 0 Å². The first-order chi connectivity index (χ1) is 7.62. The standard InChI is InChI=1S/C12H17N3O/c1-12(2,16-3)9-14-11-6-4-5-10-13-7-8-15(10)11/h4-8,14H,9H2,1-3H3. The van der Waals surface area contributed by atoms with E-state index in [1.54, 1.807) is 13.3 Å². The lowest BCUT2D eigenvalue weighted by Crippen LogP contribution is -2.32. The van der Waals surface area contributed by atoms with Crippen molar-refractivity contribution in [2.75, 3.05) is 19.0 Å². The quantitative estimate of drug-likeness (QED) is 0.856. The molecule has 4 heteroatoms. The molecule has 0 fully saturated rings. The molecule has 0 bridgehead atoms. The van der Waals surface area contributed by atoms with E-state index in [0.717, 1.165) is 18.0 Å². The smallest absolute Gasteiger partial charge is 0.138 e. The van der Waals surface area contributed by atoms with Crippen molar-refractivity contribution < 1.29 is 4.74 Å². The van der Waals surface area contributed by atoms with Crippen molar-refractivity contribution in [1.29, 1.82) is 0 Å². The maximum Gasteiger partial charge on any atom is 0.138 e. The van der Waals surface area contributed by atoms with Gasteiger partial charge >= 0.3 is 0 Å². The molecular formula is C12H17N3O. The highest BCUT2D eigenvalue weighted by Crippen LogP contribution is 2.13. The predicted molar refractivity (Wildman–Crippen MR) is 64.8 cm³/mol. The van der Waals surface area contributed by atoms with Crippen LogP contribution in [0.5, 0.6) is 0 Å². The fourth-order valence-corrected chi connectivity index (χ4v) is 1.47. The third-order valence-electron chi connectivity index (χ3n) is 2.68. The molecule has 0 atom stereocenters. The average molecular weight is 219 g/mol. The van der Waals surface area contributed by atoms with Gasteiger partial charge < -0.3 is 10.1 Å². The van der Waals surface area contributed by atoms with Crippen LogP contribution in [-0.2, 0) is 4.74 Å². The van der Waals surface area contributed by atoms with Gasteiger partial charge in [-0.1, -0.05) is 6.07 Å². The van der Waals surface area contributed by atoms with Crippen LogP contribution in [0.2, 0.25) is 0 Å². The topological polar surface area (TPSA) is 38.6 Å². The van der Waals surface area contributed by atoms with E-state index in [4.69, 9.17) is 4.74 Å². The van der Waals surface area contributed by atoms with Crippen LogP contribution in [0.25, 0.3) is 5.65 Å². The number of ether oxygens (including phenoxy) is 1. The molecular weight excluding hydrogens is 202 g/mol. The maximum atomic E-state index is 5.37. The minimum absolute atomic E-state index is 0.178. The first-order valence-corrected chi connectivity index (χ1v) is 5.33. The van der Waals surface area contributed by atoms with Crippen LogP contribution in [0.1, 0.15) is 13.8 Å². The summed E-state index contributed by atoms with van der Waals surface area (Å²) >= 11 is 0. The van der Waals surface area contributed by atoms with Crippen LogP contribution in [0.4, 0.5) is 5.82 Å². The number of aromatic nitrogens is 2. The molecule has 0 aliphatic carbocycles. The monoisotopic (exact) mass is 219 g/mol. The maximum absolute atomic E-state index is 5.37. The number of nitrogens with one attached hydrogen (secondary N) is 1.